The summed E-state index contributed by atoms with van der Waals surface area (Å²) in [7, 11) is 0. The van der Waals surface area contributed by atoms with Gasteiger partial charge in [0.15, 0.2) is 23.1 Å². The standard InChI is InChI=1S/C26H16O4/c27-21(15-8-2-1-3-9-15)14-20-22(16-10-4-5-11-17(16)24(20)28)23-25(29)18-12-6-7-13-19(18)26(23)30/h1-13,20H,14H2/t20-/m0/s1. The summed E-state index contributed by atoms with van der Waals surface area (Å²) in [6, 6.07) is 22.3. The molecular weight excluding hydrogens is 376 g/mol. The lowest BCUT2D eigenvalue weighted by atomic mass is 9.87. The van der Waals surface area contributed by atoms with Crippen LogP contribution in [0.15, 0.2) is 84.4 Å². The summed E-state index contributed by atoms with van der Waals surface area (Å²) in [6.45, 7) is 0. The van der Waals surface area contributed by atoms with Crippen molar-refractivity contribution in [2.45, 2.75) is 6.42 Å². The Bertz CT molecular complexity index is 1240. The van der Waals surface area contributed by atoms with Crippen LogP contribution in [0.1, 0.15) is 53.4 Å². The van der Waals surface area contributed by atoms with E-state index in [1.165, 1.54) is 0 Å². The molecule has 0 saturated carbocycles. The van der Waals surface area contributed by atoms with Crippen LogP contribution in [-0.2, 0) is 0 Å². The predicted octanol–water partition coefficient (Wildman–Crippen LogP) is 4.60. The van der Waals surface area contributed by atoms with E-state index >= 15 is 0 Å². The molecule has 0 bridgehead atoms. The SMILES string of the molecule is O=C(C[C@@H]1C(=O)c2ccccc2C1=C1C(=O)c2ccccc2C1=O)c1ccccc1. The molecule has 0 fully saturated rings. The number of rotatable bonds is 3. The maximum absolute atomic E-state index is 13.2. The minimum Gasteiger partial charge on any atom is -0.294 e. The lowest BCUT2D eigenvalue weighted by Gasteiger charge is -2.13. The maximum Gasteiger partial charge on any atom is 0.198 e. The molecule has 0 N–H and O–H groups in total. The summed E-state index contributed by atoms with van der Waals surface area (Å²) >= 11 is 0. The molecule has 0 aromatic heterocycles. The molecule has 4 heteroatoms. The van der Waals surface area contributed by atoms with Gasteiger partial charge in [-0.15, -0.1) is 0 Å². The van der Waals surface area contributed by atoms with Crippen molar-refractivity contribution in [3.8, 4) is 0 Å². The van der Waals surface area contributed by atoms with Crippen LogP contribution in [0.5, 0.6) is 0 Å². The van der Waals surface area contributed by atoms with Gasteiger partial charge in [-0.3, -0.25) is 19.2 Å². The number of ketones is 4. The number of fused-ring (bicyclic) bond motifs is 2. The van der Waals surface area contributed by atoms with Gasteiger partial charge in [-0.1, -0.05) is 78.9 Å². The Hall–Kier alpha value is -3.92. The van der Waals surface area contributed by atoms with Crippen LogP contribution in [-0.4, -0.2) is 23.1 Å². The Balaban J connectivity index is 1.67. The zero-order chi connectivity index (χ0) is 20.8. The van der Waals surface area contributed by atoms with E-state index in [1.54, 1.807) is 72.8 Å². The third-order valence-corrected chi connectivity index (χ3v) is 5.77. The van der Waals surface area contributed by atoms with Gasteiger partial charge in [-0.2, -0.15) is 0 Å². The van der Waals surface area contributed by atoms with E-state index in [9.17, 15) is 19.2 Å². The first-order valence-corrected chi connectivity index (χ1v) is 9.72. The fourth-order valence-electron chi connectivity index (χ4n) is 4.37. The first-order chi connectivity index (χ1) is 14.6. The second-order valence-electron chi connectivity index (χ2n) is 7.45. The van der Waals surface area contributed by atoms with E-state index < -0.39 is 5.92 Å². The average molecular weight is 392 g/mol. The van der Waals surface area contributed by atoms with E-state index in [2.05, 4.69) is 0 Å². The molecule has 3 aromatic carbocycles. The maximum atomic E-state index is 13.2. The number of carbonyl (C=O) groups is 4. The van der Waals surface area contributed by atoms with E-state index in [1.807, 2.05) is 6.07 Å². The molecule has 0 saturated heterocycles. The summed E-state index contributed by atoms with van der Waals surface area (Å²) in [6.07, 6.45) is -0.0900. The second-order valence-corrected chi connectivity index (χ2v) is 7.45. The van der Waals surface area contributed by atoms with Crippen LogP contribution in [0.3, 0.4) is 0 Å². The summed E-state index contributed by atoms with van der Waals surface area (Å²) in [4.78, 5) is 52.4. The molecule has 3 aromatic rings. The number of allylic oxidation sites excluding steroid dienone is 2. The van der Waals surface area contributed by atoms with Crippen LogP contribution in [0.4, 0.5) is 0 Å². The van der Waals surface area contributed by atoms with E-state index in [4.69, 9.17) is 0 Å². The van der Waals surface area contributed by atoms with Crippen molar-refractivity contribution in [3.63, 3.8) is 0 Å². The van der Waals surface area contributed by atoms with Gasteiger partial charge in [-0.25, -0.2) is 0 Å². The van der Waals surface area contributed by atoms with Crippen LogP contribution >= 0.6 is 0 Å². The van der Waals surface area contributed by atoms with Gasteiger partial charge in [0.25, 0.3) is 0 Å². The van der Waals surface area contributed by atoms with Gasteiger partial charge in [0.2, 0.25) is 0 Å². The van der Waals surface area contributed by atoms with Crippen LogP contribution < -0.4 is 0 Å². The molecule has 2 aliphatic carbocycles. The number of carbonyl (C=O) groups excluding carboxylic acids is 4. The summed E-state index contributed by atoms with van der Waals surface area (Å²) in [5.41, 5.74) is 2.59. The van der Waals surface area contributed by atoms with Crippen molar-refractivity contribution in [1.82, 2.24) is 0 Å². The molecule has 1 atom stereocenters. The topological polar surface area (TPSA) is 68.3 Å². The van der Waals surface area contributed by atoms with E-state index in [-0.39, 0.29) is 35.1 Å². The van der Waals surface area contributed by atoms with Crippen molar-refractivity contribution in [2.24, 2.45) is 5.92 Å². The van der Waals surface area contributed by atoms with Gasteiger partial charge < -0.3 is 0 Å². The molecule has 0 aliphatic heterocycles. The lowest BCUT2D eigenvalue weighted by molar-refractivity contribution is 0.0889. The molecule has 144 valence electrons. The lowest BCUT2D eigenvalue weighted by Crippen LogP contribution is -2.17. The van der Waals surface area contributed by atoms with Crippen molar-refractivity contribution >= 4 is 28.7 Å². The largest absolute Gasteiger partial charge is 0.294 e. The second kappa shape index (κ2) is 6.85. The van der Waals surface area contributed by atoms with Crippen LogP contribution in [0, 0.1) is 5.92 Å². The van der Waals surface area contributed by atoms with E-state index in [0.29, 0.717) is 33.4 Å². The summed E-state index contributed by atoms with van der Waals surface area (Å²) in [5.74, 6) is -2.05. The van der Waals surface area contributed by atoms with Gasteiger partial charge in [-0.05, 0) is 11.1 Å². The molecule has 2 aliphatic rings. The number of benzene rings is 3. The smallest absolute Gasteiger partial charge is 0.198 e. The zero-order valence-electron chi connectivity index (χ0n) is 15.9. The first kappa shape index (κ1) is 18.1. The Kier molecular flexibility index (Phi) is 4.14. The molecule has 30 heavy (non-hydrogen) atoms. The zero-order valence-corrected chi connectivity index (χ0v) is 15.9. The third kappa shape index (κ3) is 2.61. The molecular formula is C26H16O4. The van der Waals surface area contributed by atoms with Gasteiger partial charge in [0, 0.05) is 28.7 Å². The monoisotopic (exact) mass is 392 g/mol. The quantitative estimate of drug-likeness (QED) is 0.371. The minimum atomic E-state index is -0.854. The van der Waals surface area contributed by atoms with Crippen molar-refractivity contribution < 1.29 is 19.2 Å². The highest BCUT2D eigenvalue weighted by Crippen LogP contribution is 2.44. The van der Waals surface area contributed by atoms with Crippen molar-refractivity contribution in [2.75, 3.05) is 0 Å². The number of hydrogen-bond donors (Lipinski definition) is 0. The highest BCUT2D eigenvalue weighted by Gasteiger charge is 2.44. The van der Waals surface area contributed by atoms with Gasteiger partial charge in [0.05, 0.1) is 11.5 Å². The van der Waals surface area contributed by atoms with Crippen molar-refractivity contribution in [3.05, 3.63) is 112 Å². The first-order valence-electron chi connectivity index (χ1n) is 9.72. The van der Waals surface area contributed by atoms with Gasteiger partial charge >= 0.3 is 0 Å². The number of hydrogen-bond acceptors (Lipinski definition) is 4. The van der Waals surface area contributed by atoms with Gasteiger partial charge in [0.1, 0.15) is 0 Å². The Morgan fingerprint density at radius 3 is 1.73 bits per heavy atom. The van der Waals surface area contributed by atoms with Crippen LogP contribution in [0.2, 0.25) is 0 Å². The molecule has 5 rings (SSSR count). The molecule has 0 radical (unpaired) electrons. The number of Topliss-reactive ketones (excluding diaryl/α,β-unsaturated/α-hetero) is 4. The molecule has 0 amide bonds. The fraction of sp³-hybridized carbons (Fsp3) is 0.0769. The Labute approximate surface area is 172 Å². The molecule has 4 nitrogen and oxygen atoms in total. The predicted molar refractivity (Wildman–Crippen MR) is 112 cm³/mol. The average Bonchev–Trinajstić information content (AvgIpc) is 3.20. The third-order valence-electron chi connectivity index (χ3n) is 5.77. The highest BCUT2D eigenvalue weighted by molar-refractivity contribution is 6.43. The van der Waals surface area contributed by atoms with Crippen molar-refractivity contribution in [1.29, 1.82) is 0 Å². The highest BCUT2D eigenvalue weighted by atomic mass is 16.2. The van der Waals surface area contributed by atoms with E-state index in [0.717, 1.165) is 0 Å². The molecule has 0 unspecified atom stereocenters. The normalized spacial score (nSPS) is 17.3. The van der Waals surface area contributed by atoms with Crippen LogP contribution in [0.25, 0.3) is 5.57 Å². The Morgan fingerprint density at radius 2 is 1.13 bits per heavy atom. The summed E-state index contributed by atoms with van der Waals surface area (Å²) in [5, 5.41) is 0. The fourth-order valence-corrected chi connectivity index (χ4v) is 4.37. The molecule has 0 heterocycles. The molecule has 0 spiro atoms. The summed E-state index contributed by atoms with van der Waals surface area (Å²) < 4.78 is 0. The Morgan fingerprint density at radius 1 is 0.633 bits per heavy atom. The minimum absolute atomic E-state index is 0.0142.